The predicted molar refractivity (Wildman–Crippen MR) is 136 cm³/mol. The molecule has 35 heavy (non-hydrogen) atoms. The van der Waals surface area contributed by atoms with Crippen molar-refractivity contribution in [3.63, 3.8) is 0 Å². The van der Waals surface area contributed by atoms with Gasteiger partial charge in [0.25, 0.3) is 0 Å². The van der Waals surface area contributed by atoms with Gasteiger partial charge in [-0.05, 0) is 60.3 Å². The van der Waals surface area contributed by atoms with Crippen molar-refractivity contribution in [1.29, 1.82) is 0 Å². The molecule has 0 unspecified atom stereocenters. The molecule has 0 saturated heterocycles. The standard InChI is InChI=1S/C28H36O7/c1-7-9-22-17(5)24(30)21(28(34)35-22)14-20-25(31)19(26(32)23(18(6)29)27(20)33)13-12-16(4)11-8-10-15(2)3/h10,12,30-33H,7-9,11,13-14H2,1-6H3. The summed E-state index contributed by atoms with van der Waals surface area (Å²) in [5.74, 6) is -2.08. The maximum Gasteiger partial charge on any atom is 0.343 e. The van der Waals surface area contributed by atoms with Crippen LogP contribution in [0.15, 0.2) is 32.5 Å². The zero-order valence-electron chi connectivity index (χ0n) is 21.4. The van der Waals surface area contributed by atoms with Gasteiger partial charge in [0.05, 0.1) is 5.56 Å². The topological polar surface area (TPSA) is 128 Å². The number of ketones is 1. The third-order valence-electron chi connectivity index (χ3n) is 6.07. The van der Waals surface area contributed by atoms with Crippen LogP contribution < -0.4 is 5.63 Å². The van der Waals surface area contributed by atoms with Crippen LogP contribution in [0.3, 0.4) is 0 Å². The second-order valence-electron chi connectivity index (χ2n) is 9.20. The molecule has 0 bridgehead atoms. The number of aryl methyl sites for hydroxylation is 1. The van der Waals surface area contributed by atoms with Crippen LogP contribution in [0.5, 0.6) is 23.0 Å². The van der Waals surface area contributed by atoms with Crippen molar-refractivity contribution in [2.45, 2.75) is 80.1 Å². The van der Waals surface area contributed by atoms with Crippen molar-refractivity contribution in [2.75, 3.05) is 0 Å². The average molecular weight is 485 g/mol. The Balaban J connectivity index is 2.59. The summed E-state index contributed by atoms with van der Waals surface area (Å²) in [5, 5.41) is 43.1. The van der Waals surface area contributed by atoms with E-state index in [2.05, 4.69) is 6.08 Å². The monoisotopic (exact) mass is 484 g/mol. The van der Waals surface area contributed by atoms with Crippen LogP contribution in [0.25, 0.3) is 0 Å². The van der Waals surface area contributed by atoms with E-state index in [0.717, 1.165) is 18.4 Å². The fraction of sp³-hybridized carbons (Fsp3) is 0.429. The van der Waals surface area contributed by atoms with Crippen molar-refractivity contribution >= 4 is 5.78 Å². The number of Topliss-reactive ketones (excluding diaryl/α,β-unsaturated/α-hetero) is 1. The molecule has 0 saturated carbocycles. The lowest BCUT2D eigenvalue weighted by Gasteiger charge is -2.17. The molecule has 2 aromatic rings. The molecule has 0 amide bonds. The van der Waals surface area contributed by atoms with Crippen LogP contribution in [0.4, 0.5) is 0 Å². The van der Waals surface area contributed by atoms with Crippen molar-refractivity contribution in [1.82, 2.24) is 0 Å². The summed E-state index contributed by atoms with van der Waals surface area (Å²) in [5.41, 5.74) is 1.30. The Morgan fingerprint density at radius 3 is 2.09 bits per heavy atom. The van der Waals surface area contributed by atoms with Gasteiger partial charge in [0.1, 0.15) is 34.3 Å². The highest BCUT2D eigenvalue weighted by Gasteiger charge is 2.27. The van der Waals surface area contributed by atoms with E-state index < -0.39 is 28.7 Å². The van der Waals surface area contributed by atoms with Gasteiger partial charge in [0.2, 0.25) is 0 Å². The first kappa shape index (κ1) is 27.8. The van der Waals surface area contributed by atoms with E-state index in [1.807, 2.05) is 33.8 Å². The fourth-order valence-electron chi connectivity index (χ4n) is 3.98. The summed E-state index contributed by atoms with van der Waals surface area (Å²) in [6.07, 6.45) is 6.52. The molecule has 0 fully saturated rings. The molecule has 0 radical (unpaired) electrons. The first-order chi connectivity index (χ1) is 16.4. The first-order valence-electron chi connectivity index (χ1n) is 11.8. The van der Waals surface area contributed by atoms with Crippen LogP contribution >= 0.6 is 0 Å². The number of phenolic OH excluding ortho intramolecular Hbond substituents is 3. The summed E-state index contributed by atoms with van der Waals surface area (Å²) < 4.78 is 5.37. The third-order valence-corrected chi connectivity index (χ3v) is 6.07. The molecule has 0 aliphatic rings. The second-order valence-corrected chi connectivity index (χ2v) is 9.20. The molecule has 1 aromatic heterocycles. The number of carbonyl (C=O) groups is 1. The molecular formula is C28H36O7. The van der Waals surface area contributed by atoms with Gasteiger partial charge in [-0.25, -0.2) is 4.79 Å². The number of hydrogen-bond acceptors (Lipinski definition) is 7. The van der Waals surface area contributed by atoms with Crippen molar-refractivity contribution in [3.05, 3.63) is 67.3 Å². The minimum Gasteiger partial charge on any atom is -0.507 e. The van der Waals surface area contributed by atoms with Crippen molar-refractivity contribution in [2.24, 2.45) is 0 Å². The number of benzene rings is 1. The summed E-state index contributed by atoms with van der Waals surface area (Å²) in [6, 6.07) is 0. The second kappa shape index (κ2) is 11.8. The summed E-state index contributed by atoms with van der Waals surface area (Å²) >= 11 is 0. The number of rotatable bonds is 10. The van der Waals surface area contributed by atoms with Gasteiger partial charge < -0.3 is 24.8 Å². The number of allylic oxidation sites excluding steroid dienone is 4. The number of hydrogen-bond donors (Lipinski definition) is 4. The van der Waals surface area contributed by atoms with E-state index in [9.17, 15) is 30.0 Å². The number of carbonyl (C=O) groups excluding carboxylic acids is 1. The minimum absolute atomic E-state index is 0.0627. The smallest absolute Gasteiger partial charge is 0.343 e. The Hall–Kier alpha value is -3.48. The molecule has 1 heterocycles. The molecular weight excluding hydrogens is 448 g/mol. The zero-order valence-corrected chi connectivity index (χ0v) is 21.4. The molecule has 4 N–H and O–H groups in total. The molecule has 7 nitrogen and oxygen atoms in total. The van der Waals surface area contributed by atoms with Gasteiger partial charge >= 0.3 is 5.63 Å². The Morgan fingerprint density at radius 1 is 0.886 bits per heavy atom. The highest BCUT2D eigenvalue weighted by atomic mass is 16.4. The lowest BCUT2D eigenvalue weighted by molar-refractivity contribution is 0.101. The maximum atomic E-state index is 12.6. The molecule has 2 rings (SSSR count). The van der Waals surface area contributed by atoms with Gasteiger partial charge in [0, 0.05) is 29.5 Å². The molecule has 7 heteroatoms. The van der Waals surface area contributed by atoms with Gasteiger partial charge in [-0.1, -0.05) is 30.2 Å². The van der Waals surface area contributed by atoms with Crippen molar-refractivity contribution in [3.8, 4) is 23.0 Å². The predicted octanol–water partition coefficient (Wildman–Crippen LogP) is 5.75. The molecule has 190 valence electrons. The average Bonchev–Trinajstić information content (AvgIpc) is 2.76. The van der Waals surface area contributed by atoms with E-state index in [0.29, 0.717) is 24.2 Å². The Kier molecular flexibility index (Phi) is 9.34. The van der Waals surface area contributed by atoms with Crippen LogP contribution in [-0.2, 0) is 19.3 Å². The Morgan fingerprint density at radius 2 is 1.51 bits per heavy atom. The van der Waals surface area contributed by atoms with E-state index >= 15 is 0 Å². The summed E-state index contributed by atoms with van der Waals surface area (Å²) in [7, 11) is 0. The lowest BCUT2D eigenvalue weighted by Crippen LogP contribution is -2.13. The number of aromatic hydroxyl groups is 4. The molecule has 0 aliphatic carbocycles. The third kappa shape index (κ3) is 6.35. The Labute approximate surface area is 206 Å². The quantitative estimate of drug-likeness (QED) is 0.250. The van der Waals surface area contributed by atoms with Gasteiger partial charge in [-0.3, -0.25) is 4.79 Å². The minimum atomic E-state index is -0.788. The molecule has 0 aliphatic heterocycles. The molecule has 0 atom stereocenters. The maximum absolute atomic E-state index is 12.6. The SMILES string of the molecule is CCCc1oc(=O)c(Cc2c(O)c(CC=C(C)CCC=C(C)C)c(O)c(C(C)=O)c2O)c(O)c1C. The van der Waals surface area contributed by atoms with Gasteiger partial charge in [-0.15, -0.1) is 0 Å². The largest absolute Gasteiger partial charge is 0.507 e. The lowest BCUT2D eigenvalue weighted by atomic mass is 9.92. The molecule has 0 spiro atoms. The first-order valence-corrected chi connectivity index (χ1v) is 11.8. The zero-order chi connectivity index (χ0) is 26.4. The Bertz CT molecular complexity index is 1230. The van der Waals surface area contributed by atoms with E-state index in [-0.39, 0.29) is 40.8 Å². The van der Waals surface area contributed by atoms with Crippen LogP contribution in [-0.4, -0.2) is 26.2 Å². The van der Waals surface area contributed by atoms with Crippen LogP contribution in [0.2, 0.25) is 0 Å². The van der Waals surface area contributed by atoms with Crippen molar-refractivity contribution < 1.29 is 29.6 Å². The van der Waals surface area contributed by atoms with Gasteiger partial charge in [-0.2, -0.15) is 0 Å². The van der Waals surface area contributed by atoms with Crippen LogP contribution in [0.1, 0.15) is 92.3 Å². The highest BCUT2D eigenvalue weighted by molar-refractivity contribution is 6.01. The highest BCUT2D eigenvalue weighted by Crippen LogP contribution is 2.44. The summed E-state index contributed by atoms with van der Waals surface area (Å²) in [6.45, 7) is 10.7. The van der Waals surface area contributed by atoms with E-state index in [4.69, 9.17) is 4.42 Å². The van der Waals surface area contributed by atoms with E-state index in [1.165, 1.54) is 12.5 Å². The fourth-order valence-corrected chi connectivity index (χ4v) is 3.98. The number of phenols is 3. The molecule has 1 aromatic carbocycles. The van der Waals surface area contributed by atoms with Gasteiger partial charge in [0.15, 0.2) is 5.78 Å². The summed E-state index contributed by atoms with van der Waals surface area (Å²) in [4.78, 5) is 24.9. The van der Waals surface area contributed by atoms with Crippen LogP contribution in [0, 0.1) is 6.92 Å². The van der Waals surface area contributed by atoms with E-state index in [1.54, 1.807) is 6.92 Å². The normalized spacial score (nSPS) is 11.5.